The first-order chi connectivity index (χ1) is 9.22. The quantitative estimate of drug-likeness (QED) is 0.892. The minimum atomic E-state index is 0.577. The molecule has 100 valence electrons. The molecule has 1 aromatic carbocycles. The van der Waals surface area contributed by atoms with Crippen molar-refractivity contribution in [2.45, 2.75) is 13.1 Å². The molecule has 0 aliphatic carbocycles. The fraction of sp³-hybridized carbons (Fsp3) is 0.267. The summed E-state index contributed by atoms with van der Waals surface area (Å²) in [5.74, 6) is 1.52. The number of anilines is 1. The van der Waals surface area contributed by atoms with Gasteiger partial charge in [0.25, 0.3) is 0 Å². The molecule has 0 spiro atoms. The highest BCUT2D eigenvalue weighted by atomic mass is 16.5. The first kappa shape index (κ1) is 13.4. The molecule has 19 heavy (non-hydrogen) atoms. The smallest absolute Gasteiger partial charge is 0.214 e. The molecule has 4 heteroatoms. The molecule has 2 rings (SSSR count). The third-order valence-electron chi connectivity index (χ3n) is 2.99. The highest BCUT2D eigenvalue weighted by Gasteiger charge is 2.04. The number of rotatable bonds is 5. The van der Waals surface area contributed by atoms with Gasteiger partial charge in [-0.1, -0.05) is 30.3 Å². The maximum atomic E-state index is 5.59. The maximum absolute atomic E-state index is 5.59. The average molecular weight is 257 g/mol. The van der Waals surface area contributed by atoms with E-state index < -0.39 is 0 Å². The Morgan fingerprint density at radius 1 is 1.11 bits per heavy atom. The molecule has 0 bridgehead atoms. The topological polar surface area (TPSA) is 51.4 Å². The second kappa shape index (κ2) is 6.20. The summed E-state index contributed by atoms with van der Waals surface area (Å²) in [5, 5.41) is 0. The normalized spacial score (nSPS) is 10.3. The zero-order valence-electron chi connectivity index (χ0n) is 11.3. The minimum Gasteiger partial charge on any atom is -0.481 e. The zero-order chi connectivity index (χ0) is 13.7. The van der Waals surface area contributed by atoms with E-state index in [1.165, 1.54) is 5.56 Å². The molecule has 0 radical (unpaired) electrons. The van der Waals surface area contributed by atoms with Gasteiger partial charge in [0.1, 0.15) is 5.82 Å². The van der Waals surface area contributed by atoms with E-state index in [0.29, 0.717) is 12.4 Å². The van der Waals surface area contributed by atoms with Gasteiger partial charge in [-0.2, -0.15) is 4.98 Å². The molecular weight excluding hydrogens is 238 g/mol. The molecule has 1 heterocycles. The lowest BCUT2D eigenvalue weighted by Gasteiger charge is -2.18. The zero-order valence-corrected chi connectivity index (χ0v) is 11.3. The lowest BCUT2D eigenvalue weighted by Crippen LogP contribution is -2.17. The second-order valence-corrected chi connectivity index (χ2v) is 4.41. The van der Waals surface area contributed by atoms with Gasteiger partial charge < -0.3 is 15.4 Å². The molecule has 0 saturated carbocycles. The summed E-state index contributed by atoms with van der Waals surface area (Å²) in [6.45, 7) is 1.37. The number of hydrogen-bond donors (Lipinski definition) is 1. The van der Waals surface area contributed by atoms with E-state index in [-0.39, 0.29) is 0 Å². The number of ether oxygens (including phenoxy) is 1. The molecule has 1 aromatic heterocycles. The molecule has 0 unspecified atom stereocenters. The summed E-state index contributed by atoms with van der Waals surface area (Å²) >= 11 is 0. The molecule has 0 aliphatic heterocycles. The third kappa shape index (κ3) is 3.45. The van der Waals surface area contributed by atoms with Gasteiger partial charge in [0.15, 0.2) is 0 Å². The van der Waals surface area contributed by atoms with E-state index >= 15 is 0 Å². The number of pyridine rings is 1. The van der Waals surface area contributed by atoms with Crippen LogP contribution in [-0.2, 0) is 13.1 Å². The monoisotopic (exact) mass is 257 g/mol. The van der Waals surface area contributed by atoms with Crippen LogP contribution in [-0.4, -0.2) is 19.1 Å². The number of benzene rings is 1. The van der Waals surface area contributed by atoms with Crippen molar-refractivity contribution in [2.75, 3.05) is 19.1 Å². The molecule has 0 amide bonds. The molecule has 2 N–H and O–H groups in total. The summed E-state index contributed by atoms with van der Waals surface area (Å²) in [4.78, 5) is 6.49. The van der Waals surface area contributed by atoms with Gasteiger partial charge in [0.2, 0.25) is 5.88 Å². The highest BCUT2D eigenvalue weighted by molar-refractivity contribution is 5.41. The Morgan fingerprint density at radius 2 is 1.79 bits per heavy atom. The van der Waals surface area contributed by atoms with Crippen LogP contribution >= 0.6 is 0 Å². The van der Waals surface area contributed by atoms with Crippen molar-refractivity contribution in [3.63, 3.8) is 0 Å². The Labute approximate surface area is 113 Å². The number of aromatic nitrogens is 1. The molecule has 0 atom stereocenters. The molecule has 2 aromatic rings. The van der Waals surface area contributed by atoms with Crippen LogP contribution in [0.15, 0.2) is 42.5 Å². The predicted molar refractivity (Wildman–Crippen MR) is 77.2 cm³/mol. The fourth-order valence-corrected chi connectivity index (χ4v) is 1.87. The largest absolute Gasteiger partial charge is 0.481 e. The van der Waals surface area contributed by atoms with Crippen LogP contribution in [0.4, 0.5) is 5.82 Å². The lowest BCUT2D eigenvalue weighted by atomic mass is 10.1. The van der Waals surface area contributed by atoms with Crippen LogP contribution < -0.4 is 15.4 Å². The van der Waals surface area contributed by atoms with E-state index in [1.54, 1.807) is 7.11 Å². The second-order valence-electron chi connectivity index (χ2n) is 4.41. The Bertz CT molecular complexity index is 525. The van der Waals surface area contributed by atoms with Crippen LogP contribution in [0.5, 0.6) is 5.88 Å². The lowest BCUT2D eigenvalue weighted by molar-refractivity contribution is 0.398. The molecule has 0 aliphatic rings. The van der Waals surface area contributed by atoms with Crippen molar-refractivity contribution < 1.29 is 4.74 Å². The van der Waals surface area contributed by atoms with E-state index in [1.807, 2.05) is 25.2 Å². The van der Waals surface area contributed by atoms with Crippen molar-refractivity contribution in [3.05, 3.63) is 53.6 Å². The summed E-state index contributed by atoms with van der Waals surface area (Å²) in [5.41, 5.74) is 7.96. The van der Waals surface area contributed by atoms with Gasteiger partial charge in [-0.25, -0.2) is 0 Å². The maximum Gasteiger partial charge on any atom is 0.214 e. The van der Waals surface area contributed by atoms with Crippen LogP contribution in [0, 0.1) is 0 Å². The highest BCUT2D eigenvalue weighted by Crippen LogP contribution is 2.16. The van der Waals surface area contributed by atoms with E-state index in [0.717, 1.165) is 17.9 Å². The Kier molecular flexibility index (Phi) is 4.36. The Morgan fingerprint density at radius 3 is 2.42 bits per heavy atom. The van der Waals surface area contributed by atoms with E-state index in [4.69, 9.17) is 10.5 Å². The van der Waals surface area contributed by atoms with Gasteiger partial charge >= 0.3 is 0 Å². The third-order valence-corrected chi connectivity index (χ3v) is 2.99. The van der Waals surface area contributed by atoms with Crippen molar-refractivity contribution >= 4 is 5.82 Å². The van der Waals surface area contributed by atoms with Crippen LogP contribution in [0.2, 0.25) is 0 Å². The summed E-state index contributed by atoms with van der Waals surface area (Å²) in [7, 11) is 3.64. The number of hydrogen-bond acceptors (Lipinski definition) is 4. The van der Waals surface area contributed by atoms with Crippen LogP contribution in [0.1, 0.15) is 11.1 Å². The molecule has 0 fully saturated rings. The molecule has 4 nitrogen and oxygen atoms in total. The van der Waals surface area contributed by atoms with Gasteiger partial charge in [-0.3, -0.25) is 0 Å². The summed E-state index contributed by atoms with van der Waals surface area (Å²) < 4.78 is 5.13. The first-order valence-electron chi connectivity index (χ1n) is 6.23. The van der Waals surface area contributed by atoms with Gasteiger partial charge in [0.05, 0.1) is 7.11 Å². The van der Waals surface area contributed by atoms with Crippen molar-refractivity contribution in [1.29, 1.82) is 0 Å². The Balaban J connectivity index is 2.08. The van der Waals surface area contributed by atoms with Gasteiger partial charge in [-0.05, 0) is 17.2 Å². The van der Waals surface area contributed by atoms with Crippen LogP contribution in [0.25, 0.3) is 0 Å². The summed E-state index contributed by atoms with van der Waals surface area (Å²) in [6, 6.07) is 14.1. The molecular formula is C15H19N3O. The van der Waals surface area contributed by atoms with Crippen LogP contribution in [0.3, 0.4) is 0 Å². The first-order valence-corrected chi connectivity index (χ1v) is 6.23. The SMILES string of the molecule is COc1cccc(N(C)Cc2ccc(CN)cc2)n1. The van der Waals surface area contributed by atoms with Crippen molar-refractivity contribution in [2.24, 2.45) is 5.73 Å². The fourth-order valence-electron chi connectivity index (χ4n) is 1.87. The number of nitrogens with zero attached hydrogens (tertiary/aromatic N) is 2. The number of nitrogens with two attached hydrogens (primary N) is 1. The predicted octanol–water partition coefficient (Wildman–Crippen LogP) is 2.19. The Hall–Kier alpha value is -2.07. The van der Waals surface area contributed by atoms with E-state index in [9.17, 15) is 0 Å². The molecule has 0 saturated heterocycles. The minimum absolute atomic E-state index is 0.577. The van der Waals surface area contributed by atoms with Crippen molar-refractivity contribution in [3.8, 4) is 5.88 Å². The van der Waals surface area contributed by atoms with Gasteiger partial charge in [-0.15, -0.1) is 0 Å². The average Bonchev–Trinajstić information content (AvgIpc) is 2.48. The number of methoxy groups -OCH3 is 1. The summed E-state index contributed by atoms with van der Waals surface area (Å²) in [6.07, 6.45) is 0. The van der Waals surface area contributed by atoms with Crippen molar-refractivity contribution in [1.82, 2.24) is 4.98 Å². The van der Waals surface area contributed by atoms with Gasteiger partial charge in [0, 0.05) is 26.2 Å². The van der Waals surface area contributed by atoms with E-state index in [2.05, 4.69) is 34.1 Å². The standard InChI is InChI=1S/C15H19N3O/c1-18(14-4-3-5-15(17-14)19-2)11-13-8-6-12(10-16)7-9-13/h3-9H,10-11,16H2,1-2H3.